The van der Waals surface area contributed by atoms with Crippen LogP contribution in [0.5, 0.6) is 11.5 Å². The third-order valence-corrected chi connectivity index (χ3v) is 7.80. The van der Waals surface area contributed by atoms with E-state index in [4.69, 9.17) is 9.47 Å². The predicted octanol–water partition coefficient (Wildman–Crippen LogP) is 5.82. The van der Waals surface area contributed by atoms with Crippen molar-refractivity contribution >= 4 is 23.2 Å². The van der Waals surface area contributed by atoms with E-state index in [2.05, 4.69) is 24.4 Å². The van der Waals surface area contributed by atoms with Crippen LogP contribution in [0.2, 0.25) is 0 Å². The normalized spacial score (nSPS) is 15.2. The van der Waals surface area contributed by atoms with Crippen molar-refractivity contribution < 1.29 is 19.1 Å². The van der Waals surface area contributed by atoms with Crippen LogP contribution in [-0.4, -0.2) is 54.0 Å². The molecule has 0 fully saturated rings. The van der Waals surface area contributed by atoms with Gasteiger partial charge in [0.2, 0.25) is 5.91 Å². The van der Waals surface area contributed by atoms with Crippen LogP contribution >= 0.6 is 11.3 Å². The van der Waals surface area contributed by atoms with Crippen molar-refractivity contribution in [1.82, 2.24) is 9.80 Å². The van der Waals surface area contributed by atoms with E-state index in [1.807, 2.05) is 44.7 Å². The maximum absolute atomic E-state index is 13.8. The van der Waals surface area contributed by atoms with Crippen LogP contribution in [-0.2, 0) is 11.2 Å². The lowest BCUT2D eigenvalue weighted by atomic mass is 9.99. The van der Waals surface area contributed by atoms with Gasteiger partial charge < -0.3 is 19.3 Å². The average Bonchev–Trinajstić information content (AvgIpc) is 3.34. The smallest absolute Gasteiger partial charge is 0.254 e. The number of carbonyl (C=O) groups excluding carboxylic acids is 2. The molecule has 6 nitrogen and oxygen atoms in total. The fraction of sp³-hybridized carbons (Fsp3) is 0.400. The Kier molecular flexibility index (Phi) is 7.93. The zero-order valence-electron chi connectivity index (χ0n) is 22.5. The van der Waals surface area contributed by atoms with Gasteiger partial charge in [-0.05, 0) is 87.9 Å². The Morgan fingerprint density at radius 3 is 2.59 bits per heavy atom. The summed E-state index contributed by atoms with van der Waals surface area (Å²) in [5.74, 6) is 1.15. The van der Waals surface area contributed by atoms with Gasteiger partial charge in [0.25, 0.3) is 5.91 Å². The lowest BCUT2D eigenvalue weighted by Gasteiger charge is -2.40. The van der Waals surface area contributed by atoms with Crippen molar-refractivity contribution in [3.05, 3.63) is 81.0 Å². The Hall–Kier alpha value is -3.32. The summed E-state index contributed by atoms with van der Waals surface area (Å²) in [6.45, 7) is 10.9. The quantitative estimate of drug-likeness (QED) is 0.394. The lowest BCUT2D eigenvalue weighted by molar-refractivity contribution is -0.136. The third kappa shape index (κ3) is 5.99. The lowest BCUT2D eigenvalue weighted by Crippen LogP contribution is -2.53. The summed E-state index contributed by atoms with van der Waals surface area (Å²) in [4.78, 5) is 32.2. The number of nitrogens with zero attached hydrogens (tertiary/aromatic N) is 2. The first-order valence-electron chi connectivity index (χ1n) is 12.6. The molecule has 2 amide bonds. The monoisotopic (exact) mass is 520 g/mol. The Balaban J connectivity index is 1.57. The first-order valence-corrected chi connectivity index (χ1v) is 13.5. The van der Waals surface area contributed by atoms with Gasteiger partial charge in [0, 0.05) is 22.5 Å². The molecule has 0 N–H and O–H groups in total. The highest BCUT2D eigenvalue weighted by atomic mass is 32.1. The minimum absolute atomic E-state index is 0.0148. The minimum Gasteiger partial charge on any atom is -0.497 e. The predicted molar refractivity (Wildman–Crippen MR) is 148 cm³/mol. The SMILES string of the molecule is COc1cccc(C(=O)N(CC(=O)N2CCc3sccc3[C@H]2COc2ccc(C)cc2C)C(C)(C)C)c1. The van der Waals surface area contributed by atoms with E-state index in [-0.39, 0.29) is 24.4 Å². The van der Waals surface area contributed by atoms with Gasteiger partial charge in [-0.15, -0.1) is 11.3 Å². The van der Waals surface area contributed by atoms with Crippen molar-refractivity contribution in [1.29, 1.82) is 0 Å². The topological polar surface area (TPSA) is 59.1 Å². The van der Waals surface area contributed by atoms with E-state index in [1.165, 1.54) is 10.4 Å². The molecule has 4 rings (SSSR count). The molecule has 2 aromatic carbocycles. The van der Waals surface area contributed by atoms with Crippen LogP contribution in [0.3, 0.4) is 0 Å². The van der Waals surface area contributed by atoms with Crippen molar-refractivity contribution in [2.75, 3.05) is 26.8 Å². The van der Waals surface area contributed by atoms with Gasteiger partial charge in [-0.25, -0.2) is 0 Å². The molecule has 1 aromatic heterocycles. The highest BCUT2D eigenvalue weighted by molar-refractivity contribution is 7.10. The maximum atomic E-state index is 13.8. The molecule has 0 aliphatic carbocycles. The molecule has 0 spiro atoms. The number of carbonyl (C=O) groups is 2. The number of benzene rings is 2. The van der Waals surface area contributed by atoms with Gasteiger partial charge >= 0.3 is 0 Å². The summed E-state index contributed by atoms with van der Waals surface area (Å²) in [7, 11) is 1.57. The van der Waals surface area contributed by atoms with Gasteiger partial charge in [-0.2, -0.15) is 0 Å². The third-order valence-electron chi connectivity index (χ3n) is 6.81. The second kappa shape index (κ2) is 11.0. The number of fused-ring (bicyclic) bond motifs is 1. The standard InChI is InChI=1S/C30H36N2O4S/c1-20-10-11-26(21(2)16-20)36-19-25-24-13-15-37-27(24)12-14-31(25)28(33)18-32(30(3,4)5)29(34)22-8-7-9-23(17-22)35-6/h7-11,13,15-17,25H,12,14,18-19H2,1-6H3/t25-/m1/s1. The summed E-state index contributed by atoms with van der Waals surface area (Å²) in [5, 5.41) is 2.08. The van der Waals surface area contributed by atoms with Gasteiger partial charge in [-0.1, -0.05) is 23.8 Å². The summed E-state index contributed by atoms with van der Waals surface area (Å²) in [5.41, 5.74) is 3.33. The molecule has 37 heavy (non-hydrogen) atoms. The number of hydrogen-bond donors (Lipinski definition) is 0. The van der Waals surface area contributed by atoms with Crippen LogP contribution in [0.4, 0.5) is 0 Å². The fourth-order valence-electron chi connectivity index (χ4n) is 4.76. The van der Waals surface area contributed by atoms with E-state index in [0.29, 0.717) is 24.5 Å². The Labute approximate surface area is 223 Å². The molecule has 0 bridgehead atoms. The number of methoxy groups -OCH3 is 1. The summed E-state index contributed by atoms with van der Waals surface area (Å²) >= 11 is 1.72. The van der Waals surface area contributed by atoms with Crippen LogP contribution in [0, 0.1) is 13.8 Å². The highest BCUT2D eigenvalue weighted by Gasteiger charge is 2.36. The summed E-state index contributed by atoms with van der Waals surface area (Å²) < 4.78 is 11.6. The number of thiophene rings is 1. The van der Waals surface area contributed by atoms with E-state index < -0.39 is 5.54 Å². The molecule has 3 aromatic rings. The number of rotatable bonds is 7. The van der Waals surface area contributed by atoms with Gasteiger partial charge in [0.15, 0.2) is 0 Å². The van der Waals surface area contributed by atoms with Crippen LogP contribution in [0.25, 0.3) is 0 Å². The molecule has 2 heterocycles. The van der Waals surface area contributed by atoms with Crippen LogP contribution in [0.1, 0.15) is 58.7 Å². The molecular weight excluding hydrogens is 484 g/mol. The Morgan fingerprint density at radius 2 is 1.89 bits per heavy atom. The highest BCUT2D eigenvalue weighted by Crippen LogP contribution is 2.35. The average molecular weight is 521 g/mol. The molecule has 1 aliphatic heterocycles. The number of ether oxygens (including phenoxy) is 2. The number of hydrogen-bond acceptors (Lipinski definition) is 5. The molecule has 7 heteroatoms. The maximum Gasteiger partial charge on any atom is 0.254 e. The molecule has 0 unspecified atom stereocenters. The van der Waals surface area contributed by atoms with E-state index in [0.717, 1.165) is 23.3 Å². The molecular formula is C30H36N2O4S. The first-order chi connectivity index (χ1) is 17.6. The van der Waals surface area contributed by atoms with Crippen molar-refractivity contribution in [3.63, 3.8) is 0 Å². The summed E-state index contributed by atoms with van der Waals surface area (Å²) in [6.07, 6.45) is 0.804. The van der Waals surface area contributed by atoms with Crippen molar-refractivity contribution in [2.24, 2.45) is 0 Å². The molecule has 0 saturated heterocycles. The van der Waals surface area contributed by atoms with Crippen molar-refractivity contribution in [2.45, 2.75) is 52.6 Å². The molecule has 1 aliphatic rings. The van der Waals surface area contributed by atoms with Crippen molar-refractivity contribution in [3.8, 4) is 11.5 Å². The number of aryl methyl sites for hydroxylation is 2. The zero-order valence-corrected chi connectivity index (χ0v) is 23.4. The van der Waals surface area contributed by atoms with Crippen LogP contribution < -0.4 is 9.47 Å². The Morgan fingerprint density at radius 1 is 1.11 bits per heavy atom. The first kappa shape index (κ1) is 26.7. The number of amides is 2. The minimum atomic E-state index is -0.551. The molecule has 196 valence electrons. The van der Waals surface area contributed by atoms with E-state index in [9.17, 15) is 9.59 Å². The van der Waals surface area contributed by atoms with Gasteiger partial charge in [-0.3, -0.25) is 9.59 Å². The van der Waals surface area contributed by atoms with E-state index >= 15 is 0 Å². The second-order valence-electron chi connectivity index (χ2n) is 10.5. The fourth-order valence-corrected chi connectivity index (χ4v) is 5.68. The summed E-state index contributed by atoms with van der Waals surface area (Å²) in [6, 6.07) is 15.1. The largest absolute Gasteiger partial charge is 0.497 e. The second-order valence-corrected chi connectivity index (χ2v) is 11.5. The molecule has 0 radical (unpaired) electrons. The zero-order chi connectivity index (χ0) is 26.7. The van der Waals surface area contributed by atoms with Crippen LogP contribution in [0.15, 0.2) is 53.9 Å². The van der Waals surface area contributed by atoms with E-state index in [1.54, 1.807) is 47.6 Å². The van der Waals surface area contributed by atoms with Gasteiger partial charge in [0.05, 0.1) is 13.2 Å². The van der Waals surface area contributed by atoms with Gasteiger partial charge in [0.1, 0.15) is 24.7 Å². The Bertz CT molecular complexity index is 1280. The molecule has 1 atom stereocenters. The molecule has 0 saturated carbocycles.